The van der Waals surface area contributed by atoms with Gasteiger partial charge in [-0.2, -0.15) is 33.7 Å². The highest BCUT2D eigenvalue weighted by Gasteiger charge is 2.32. The number of rotatable bonds is 20. The smallest absolute Gasteiger partial charge is 0.339 e. The topological polar surface area (TPSA) is 186 Å². The molecule has 0 saturated heterocycles. The number of fused-ring (bicyclic) bond motifs is 8. The second-order valence-electron chi connectivity index (χ2n) is 22.6. The van der Waals surface area contributed by atoms with E-state index in [4.69, 9.17) is 16.7 Å². The Labute approximate surface area is 550 Å². The summed E-state index contributed by atoms with van der Waals surface area (Å²) < 4.78 is 148. The first-order chi connectivity index (χ1) is 41.4. The molecule has 24 heteroatoms. The summed E-state index contributed by atoms with van der Waals surface area (Å²) in [5.41, 5.74) is 5.21. The van der Waals surface area contributed by atoms with Gasteiger partial charge in [-0.25, -0.2) is 0 Å². The van der Waals surface area contributed by atoms with E-state index in [1.807, 2.05) is 125 Å². The lowest BCUT2D eigenvalue weighted by Crippen LogP contribution is -2.19. The second-order valence-corrected chi connectivity index (χ2v) is 32.4. The minimum atomic E-state index is -4.68. The maximum absolute atomic E-state index is 14.9. The Morgan fingerprint density at radius 1 is 0.284 bits per heavy atom. The Morgan fingerprint density at radius 2 is 0.432 bits per heavy atom. The van der Waals surface area contributed by atoms with Gasteiger partial charge in [0.15, 0.2) is 0 Å². The van der Waals surface area contributed by atoms with Crippen LogP contribution in [0.4, 0.5) is 0 Å². The molecule has 16 nitrogen and oxygen atoms in total. The molecule has 0 spiro atoms. The first-order valence-corrected chi connectivity index (χ1v) is 36.2. The van der Waals surface area contributed by atoms with Crippen LogP contribution in [0.15, 0.2) is 183 Å². The molecule has 0 fully saturated rings. The van der Waals surface area contributed by atoms with Crippen LogP contribution < -0.4 is 16.7 Å². The maximum atomic E-state index is 14.9. The van der Waals surface area contributed by atoms with E-state index in [0.29, 0.717) is 111 Å². The molecule has 464 valence electrons. The van der Waals surface area contributed by atoms with Crippen molar-refractivity contribution in [3.8, 4) is 23.0 Å². The molecule has 0 unspecified atom stereocenters. The lowest BCUT2D eigenvalue weighted by atomic mass is 9.88. The largest absolute Gasteiger partial charge is 0.378 e. The first-order valence-electron chi connectivity index (χ1n) is 27.4. The molecule has 8 aromatic carbocycles. The summed E-state index contributed by atoms with van der Waals surface area (Å²) in [6.45, 7) is 1.32. The molecule has 8 bridgehead atoms. The molecular weight excluding hydrogens is 1460 g/mol. The van der Waals surface area contributed by atoms with E-state index in [1.54, 1.807) is 48.5 Å². The summed E-state index contributed by atoms with van der Waals surface area (Å²) in [6.07, 6.45) is -0.836. The first kappa shape index (κ1) is 66.9. The molecule has 8 aromatic rings. The fourth-order valence-corrected chi connectivity index (χ4v) is 15.5. The maximum Gasteiger partial charge on any atom is 0.339 e. The summed E-state index contributed by atoms with van der Waals surface area (Å²) in [5, 5.41) is 0. The average molecular weight is 1530 g/mol. The highest BCUT2D eigenvalue weighted by atomic mass is 79.9. The van der Waals surface area contributed by atoms with Crippen molar-refractivity contribution in [2.45, 2.75) is 71.4 Å². The van der Waals surface area contributed by atoms with Crippen molar-refractivity contribution in [2.75, 3.05) is 56.4 Å². The van der Waals surface area contributed by atoms with E-state index in [2.05, 4.69) is 63.7 Å². The molecule has 1 aliphatic carbocycles. The van der Waals surface area contributed by atoms with Gasteiger partial charge in [-0.15, -0.1) is 0 Å². The third kappa shape index (κ3) is 16.7. The van der Waals surface area contributed by atoms with Crippen molar-refractivity contribution >= 4 is 104 Å². The van der Waals surface area contributed by atoms with Gasteiger partial charge in [-0.05, 0) is 176 Å². The molecule has 0 heterocycles. The number of nitrogens with zero attached hydrogens (tertiary/aromatic N) is 4. The highest BCUT2D eigenvalue weighted by molar-refractivity contribution is 9.11. The van der Waals surface area contributed by atoms with Crippen LogP contribution >= 0.6 is 63.7 Å². The molecule has 9 rings (SSSR count). The summed E-state index contributed by atoms with van der Waals surface area (Å²) in [4.78, 5) is 7.09. The predicted octanol–water partition coefficient (Wildman–Crippen LogP) is 12.7. The van der Waals surface area contributed by atoms with Crippen LogP contribution in [-0.2, 0) is 92.3 Å². The van der Waals surface area contributed by atoms with E-state index in [0.717, 1.165) is 0 Å². The van der Waals surface area contributed by atoms with Gasteiger partial charge in [-0.3, -0.25) is 0 Å². The quantitative estimate of drug-likeness (QED) is 0.0655. The number of benzene rings is 8. The van der Waals surface area contributed by atoms with Gasteiger partial charge >= 0.3 is 40.5 Å². The SMILES string of the molecule is CN(C)Cc1cc2c(OS(=O)(=O)c3ccc(Br)cc3)c(c1)Cc1cc(CN(C)C)cc(c1OS(=O)(=O)c1ccc(Br)cc1)Cc1cc(CN(C)C)cc(c1OS(=O)(=O)c1ccc(Br)cc1)Cc1cc(CN(C)C)cc(c1OS(=O)(=O)c1ccc(Br)cc1)C2. The van der Waals surface area contributed by atoms with E-state index in [-0.39, 0.29) is 68.3 Å². The molecule has 0 radical (unpaired) electrons. The van der Waals surface area contributed by atoms with Crippen molar-refractivity contribution in [2.24, 2.45) is 0 Å². The second kappa shape index (κ2) is 27.5. The average Bonchev–Trinajstić information content (AvgIpc) is 0.970. The van der Waals surface area contributed by atoms with Crippen LogP contribution in [-0.4, -0.2) is 110 Å². The summed E-state index contributed by atoms with van der Waals surface area (Å²) in [7, 11) is -3.68. The summed E-state index contributed by atoms with van der Waals surface area (Å²) in [6, 6.07) is 38.4. The van der Waals surface area contributed by atoms with E-state index >= 15 is 0 Å². The van der Waals surface area contributed by atoms with Crippen molar-refractivity contribution in [3.05, 3.63) is 230 Å². The van der Waals surface area contributed by atoms with Gasteiger partial charge in [-0.1, -0.05) is 112 Å². The number of halogens is 4. The van der Waals surface area contributed by atoms with Gasteiger partial charge in [0.25, 0.3) is 0 Å². The van der Waals surface area contributed by atoms with E-state index in [9.17, 15) is 33.7 Å². The van der Waals surface area contributed by atoms with Gasteiger partial charge in [0.1, 0.15) is 42.6 Å². The van der Waals surface area contributed by atoms with Crippen LogP contribution in [0.3, 0.4) is 0 Å². The standard InChI is InChI=1S/C64H64Br4N4O12S4/c1-69(2)37-41-25-45-33-47-27-42(38-70(3)4)29-49(62(47)82-86(75,76)58-19-11-54(66)12-20-58)35-51-31-44(40-72(7)8)32-52(64(51)84-88(79,80)60-23-15-56(68)16-24-60)36-50-30-43(39-71(5)6)28-48(63(50)83-87(77,78)59-21-13-55(67)14-22-59)34-46(26-41)61(45)81-85(73,74)57-17-9-53(65)10-18-57/h9-32H,33-40H2,1-8H3. The van der Waals surface area contributed by atoms with Crippen molar-refractivity contribution in [3.63, 3.8) is 0 Å². The van der Waals surface area contributed by atoms with Crippen LogP contribution in [0.5, 0.6) is 23.0 Å². The monoisotopic (exact) mass is 1520 g/mol. The van der Waals surface area contributed by atoms with Crippen LogP contribution in [0.1, 0.15) is 66.8 Å². The minimum absolute atomic E-state index is 0.104. The van der Waals surface area contributed by atoms with Gasteiger partial charge in [0, 0.05) is 114 Å². The third-order valence-electron chi connectivity index (χ3n) is 13.9. The Balaban J connectivity index is 1.45. The van der Waals surface area contributed by atoms with E-state index < -0.39 is 40.5 Å². The van der Waals surface area contributed by atoms with Gasteiger partial charge in [0.2, 0.25) is 0 Å². The van der Waals surface area contributed by atoms with Crippen LogP contribution in [0.25, 0.3) is 0 Å². The fourth-order valence-electron chi connectivity index (χ4n) is 10.5. The minimum Gasteiger partial charge on any atom is -0.378 e. The summed E-state index contributed by atoms with van der Waals surface area (Å²) in [5.74, 6) is -0.417. The number of hydrogen-bond acceptors (Lipinski definition) is 16. The summed E-state index contributed by atoms with van der Waals surface area (Å²) >= 11 is 13.7. The number of hydrogen-bond donors (Lipinski definition) is 0. The van der Waals surface area contributed by atoms with Gasteiger partial charge < -0.3 is 36.3 Å². The molecule has 0 amide bonds. The zero-order valence-corrected chi connectivity index (χ0v) is 59.0. The normalized spacial score (nSPS) is 13.1. The van der Waals surface area contributed by atoms with Crippen molar-refractivity contribution in [1.82, 2.24) is 19.6 Å². The molecule has 0 aromatic heterocycles. The zero-order valence-electron chi connectivity index (χ0n) is 49.3. The highest BCUT2D eigenvalue weighted by Crippen LogP contribution is 2.44. The van der Waals surface area contributed by atoms with Crippen molar-refractivity contribution < 1.29 is 50.4 Å². The Bertz CT molecular complexity index is 3730. The van der Waals surface area contributed by atoms with E-state index in [1.165, 1.54) is 48.5 Å². The molecule has 1 aliphatic rings. The van der Waals surface area contributed by atoms with Crippen LogP contribution in [0.2, 0.25) is 0 Å². The molecule has 0 atom stereocenters. The van der Waals surface area contributed by atoms with Crippen molar-refractivity contribution in [1.29, 1.82) is 0 Å². The Hall–Kier alpha value is -5.48. The molecule has 0 N–H and O–H groups in total. The molecule has 0 saturated carbocycles. The Morgan fingerprint density at radius 3 is 0.568 bits per heavy atom. The lowest BCUT2D eigenvalue weighted by Gasteiger charge is -2.25. The third-order valence-corrected chi connectivity index (χ3v) is 21.0. The molecular formula is C64H64Br4N4O12S4. The Kier molecular flexibility index (Phi) is 20.9. The zero-order chi connectivity index (χ0) is 63.6. The predicted molar refractivity (Wildman–Crippen MR) is 354 cm³/mol. The molecule has 88 heavy (non-hydrogen) atoms. The van der Waals surface area contributed by atoms with Crippen LogP contribution in [0, 0.1) is 0 Å². The fraction of sp³-hybridized carbons (Fsp3) is 0.250. The molecule has 0 aliphatic heterocycles. The van der Waals surface area contributed by atoms with Gasteiger partial charge in [0.05, 0.1) is 0 Å². The lowest BCUT2D eigenvalue weighted by molar-refractivity contribution is 0.401.